The van der Waals surface area contributed by atoms with Crippen molar-refractivity contribution in [2.24, 2.45) is 5.73 Å². The molecule has 1 aromatic heterocycles. The van der Waals surface area contributed by atoms with Crippen molar-refractivity contribution in [2.45, 2.75) is 25.0 Å². The minimum absolute atomic E-state index is 0.0355. The average molecular weight is 228 g/mol. The van der Waals surface area contributed by atoms with Gasteiger partial charge in [0.2, 0.25) is 0 Å². The highest BCUT2D eigenvalue weighted by molar-refractivity contribution is 5.79. The number of aromatic nitrogens is 1. The number of nitrogens with zero attached hydrogens (tertiary/aromatic N) is 1. The van der Waals surface area contributed by atoms with Crippen LogP contribution in [0.15, 0.2) is 36.5 Å². The van der Waals surface area contributed by atoms with Crippen LogP contribution in [0, 0.1) is 0 Å². The fourth-order valence-electron chi connectivity index (χ4n) is 2.42. The van der Waals surface area contributed by atoms with Crippen molar-refractivity contribution in [3.63, 3.8) is 0 Å². The van der Waals surface area contributed by atoms with Gasteiger partial charge in [0.25, 0.3) is 0 Å². The lowest BCUT2D eigenvalue weighted by molar-refractivity contribution is 0.000222. The molecule has 2 heterocycles. The van der Waals surface area contributed by atoms with Crippen molar-refractivity contribution in [3.8, 4) is 0 Å². The summed E-state index contributed by atoms with van der Waals surface area (Å²) in [6.07, 6.45) is 3.95. The number of nitrogens with two attached hydrogens (primary N) is 1. The Morgan fingerprint density at radius 3 is 3.12 bits per heavy atom. The van der Waals surface area contributed by atoms with E-state index in [1.54, 1.807) is 0 Å². The summed E-state index contributed by atoms with van der Waals surface area (Å²) < 4.78 is 5.78. The van der Waals surface area contributed by atoms with Crippen molar-refractivity contribution < 1.29 is 4.74 Å². The number of benzene rings is 1. The van der Waals surface area contributed by atoms with Crippen LogP contribution in [0.1, 0.15) is 24.5 Å². The van der Waals surface area contributed by atoms with E-state index in [2.05, 4.69) is 23.2 Å². The third kappa shape index (κ3) is 2.04. The normalized spacial score (nSPS) is 25.0. The molecular formula is C14H16N2O. The second-order valence-corrected chi connectivity index (χ2v) is 4.55. The SMILES string of the molecule is NC1CCCOC1c1ccc2ncccc2c1. The Morgan fingerprint density at radius 1 is 1.29 bits per heavy atom. The van der Waals surface area contributed by atoms with Crippen molar-refractivity contribution in [1.29, 1.82) is 0 Å². The lowest BCUT2D eigenvalue weighted by Gasteiger charge is -2.29. The molecule has 88 valence electrons. The quantitative estimate of drug-likeness (QED) is 0.815. The molecule has 1 fully saturated rings. The molecular weight excluding hydrogens is 212 g/mol. The van der Waals surface area contributed by atoms with Gasteiger partial charge >= 0.3 is 0 Å². The molecule has 17 heavy (non-hydrogen) atoms. The van der Waals surface area contributed by atoms with E-state index in [9.17, 15) is 0 Å². The maximum atomic E-state index is 6.11. The summed E-state index contributed by atoms with van der Waals surface area (Å²) >= 11 is 0. The Morgan fingerprint density at radius 2 is 2.24 bits per heavy atom. The zero-order chi connectivity index (χ0) is 11.7. The Kier molecular flexibility index (Phi) is 2.79. The van der Waals surface area contributed by atoms with Crippen molar-refractivity contribution in [3.05, 3.63) is 42.1 Å². The van der Waals surface area contributed by atoms with Gasteiger partial charge in [0.15, 0.2) is 0 Å². The number of ether oxygens (including phenoxy) is 1. The van der Waals surface area contributed by atoms with E-state index in [4.69, 9.17) is 10.5 Å². The maximum Gasteiger partial charge on any atom is 0.0975 e. The van der Waals surface area contributed by atoms with Crippen LogP contribution in [-0.4, -0.2) is 17.6 Å². The van der Waals surface area contributed by atoms with Gasteiger partial charge in [-0.15, -0.1) is 0 Å². The summed E-state index contributed by atoms with van der Waals surface area (Å²) in [5.74, 6) is 0. The van der Waals surface area contributed by atoms with Gasteiger partial charge in [-0.05, 0) is 36.6 Å². The van der Waals surface area contributed by atoms with Crippen LogP contribution in [-0.2, 0) is 4.74 Å². The number of rotatable bonds is 1. The highest BCUT2D eigenvalue weighted by atomic mass is 16.5. The molecule has 1 aliphatic heterocycles. The lowest BCUT2D eigenvalue weighted by Crippen LogP contribution is -2.34. The van der Waals surface area contributed by atoms with Gasteiger partial charge in [0, 0.05) is 24.2 Å². The summed E-state index contributed by atoms with van der Waals surface area (Å²) in [6.45, 7) is 0.809. The van der Waals surface area contributed by atoms with Gasteiger partial charge < -0.3 is 10.5 Å². The minimum Gasteiger partial charge on any atom is -0.372 e. The van der Waals surface area contributed by atoms with Gasteiger partial charge in [-0.2, -0.15) is 0 Å². The molecule has 3 heteroatoms. The summed E-state index contributed by atoms with van der Waals surface area (Å²) in [6, 6.07) is 10.4. The monoisotopic (exact) mass is 228 g/mol. The van der Waals surface area contributed by atoms with Crippen LogP contribution in [0.5, 0.6) is 0 Å². The molecule has 2 unspecified atom stereocenters. The van der Waals surface area contributed by atoms with Crippen LogP contribution >= 0.6 is 0 Å². The Hall–Kier alpha value is -1.45. The summed E-state index contributed by atoms with van der Waals surface area (Å²) in [7, 11) is 0. The van der Waals surface area contributed by atoms with Crippen LogP contribution < -0.4 is 5.73 Å². The van der Waals surface area contributed by atoms with E-state index in [1.165, 1.54) is 0 Å². The smallest absolute Gasteiger partial charge is 0.0975 e. The van der Waals surface area contributed by atoms with E-state index in [0.717, 1.165) is 35.9 Å². The zero-order valence-corrected chi connectivity index (χ0v) is 9.67. The van der Waals surface area contributed by atoms with Gasteiger partial charge in [-0.3, -0.25) is 4.98 Å². The molecule has 1 saturated heterocycles. The fraction of sp³-hybridized carbons (Fsp3) is 0.357. The van der Waals surface area contributed by atoms with E-state index >= 15 is 0 Å². The molecule has 0 spiro atoms. The minimum atomic E-state index is 0.0355. The molecule has 2 N–H and O–H groups in total. The average Bonchev–Trinajstić information content (AvgIpc) is 2.39. The van der Waals surface area contributed by atoms with Crippen LogP contribution in [0.4, 0.5) is 0 Å². The van der Waals surface area contributed by atoms with E-state index in [-0.39, 0.29) is 12.1 Å². The van der Waals surface area contributed by atoms with Crippen LogP contribution in [0.25, 0.3) is 10.9 Å². The number of fused-ring (bicyclic) bond motifs is 1. The van der Waals surface area contributed by atoms with Crippen LogP contribution in [0.3, 0.4) is 0 Å². The molecule has 2 aromatic rings. The zero-order valence-electron chi connectivity index (χ0n) is 9.67. The molecule has 0 amide bonds. The van der Waals surface area contributed by atoms with Crippen molar-refractivity contribution in [2.75, 3.05) is 6.61 Å². The summed E-state index contributed by atoms with van der Waals surface area (Å²) in [4.78, 5) is 4.31. The molecule has 1 aromatic carbocycles. The number of hydrogen-bond donors (Lipinski definition) is 1. The first-order valence-electron chi connectivity index (χ1n) is 6.06. The molecule has 2 atom stereocenters. The Balaban J connectivity index is 1.99. The third-order valence-electron chi connectivity index (χ3n) is 3.32. The Bertz CT molecular complexity index is 526. The molecule has 0 aliphatic carbocycles. The third-order valence-corrected chi connectivity index (χ3v) is 3.32. The number of hydrogen-bond acceptors (Lipinski definition) is 3. The van der Waals surface area contributed by atoms with E-state index < -0.39 is 0 Å². The second kappa shape index (κ2) is 4.43. The van der Waals surface area contributed by atoms with Gasteiger partial charge in [-0.1, -0.05) is 12.1 Å². The largest absolute Gasteiger partial charge is 0.372 e. The van der Waals surface area contributed by atoms with Crippen molar-refractivity contribution in [1.82, 2.24) is 4.98 Å². The molecule has 1 aliphatic rings. The standard InChI is InChI=1S/C14H16N2O/c15-12-4-2-8-17-14(12)11-5-6-13-10(9-11)3-1-7-16-13/h1,3,5-7,9,12,14H,2,4,8,15H2. The number of pyridine rings is 1. The van der Waals surface area contributed by atoms with Crippen molar-refractivity contribution >= 4 is 10.9 Å². The van der Waals surface area contributed by atoms with E-state index in [0.29, 0.717) is 0 Å². The highest BCUT2D eigenvalue weighted by Crippen LogP contribution is 2.28. The Labute approximate surface area is 101 Å². The molecule has 3 rings (SSSR count). The predicted molar refractivity (Wildman–Crippen MR) is 67.6 cm³/mol. The molecule has 3 nitrogen and oxygen atoms in total. The predicted octanol–water partition coefficient (Wildman–Crippen LogP) is 2.41. The second-order valence-electron chi connectivity index (χ2n) is 4.55. The summed E-state index contributed by atoms with van der Waals surface area (Å²) in [5.41, 5.74) is 8.29. The van der Waals surface area contributed by atoms with Gasteiger partial charge in [0.1, 0.15) is 0 Å². The first-order chi connectivity index (χ1) is 8.34. The lowest BCUT2D eigenvalue weighted by atomic mass is 9.96. The fourth-order valence-corrected chi connectivity index (χ4v) is 2.42. The topological polar surface area (TPSA) is 48.1 Å². The maximum absolute atomic E-state index is 6.11. The molecule has 0 saturated carbocycles. The van der Waals surface area contributed by atoms with Gasteiger partial charge in [0.05, 0.1) is 11.6 Å². The molecule has 0 bridgehead atoms. The first kappa shape index (κ1) is 10.7. The van der Waals surface area contributed by atoms with E-state index in [1.807, 2.05) is 18.3 Å². The molecule has 0 radical (unpaired) electrons. The summed E-state index contributed by atoms with van der Waals surface area (Å²) in [5, 5.41) is 1.14. The van der Waals surface area contributed by atoms with Gasteiger partial charge in [-0.25, -0.2) is 0 Å². The first-order valence-corrected chi connectivity index (χ1v) is 6.06. The highest BCUT2D eigenvalue weighted by Gasteiger charge is 2.24. The van der Waals surface area contributed by atoms with Crippen LogP contribution in [0.2, 0.25) is 0 Å².